The monoisotopic (exact) mass is 277 g/mol. The van der Waals surface area contributed by atoms with E-state index in [-0.39, 0.29) is 0 Å². The summed E-state index contributed by atoms with van der Waals surface area (Å²) in [5.41, 5.74) is 3.22. The lowest BCUT2D eigenvalue weighted by atomic mass is 9.95. The van der Waals surface area contributed by atoms with Gasteiger partial charge in [0.05, 0.1) is 0 Å². The summed E-state index contributed by atoms with van der Waals surface area (Å²) in [6, 6.07) is 2.58. The highest BCUT2D eigenvalue weighted by molar-refractivity contribution is 5.77. The molecule has 0 fully saturated rings. The molecule has 0 bridgehead atoms. The maximum absolute atomic E-state index is 11.1. The Morgan fingerprint density at radius 3 is 2.25 bits per heavy atom. The van der Waals surface area contributed by atoms with Gasteiger partial charge in [0.1, 0.15) is 0 Å². The van der Waals surface area contributed by atoms with Crippen LogP contribution in [0.15, 0.2) is 6.07 Å². The molecule has 114 valence electrons. The molecule has 0 N–H and O–H groups in total. The third kappa shape index (κ3) is 4.22. The average molecular weight is 277 g/mol. The van der Waals surface area contributed by atoms with Crippen LogP contribution in [0.4, 0.5) is 0 Å². The first-order valence-corrected chi connectivity index (χ1v) is 8.18. The topological polar surface area (TPSA) is 22.0 Å². The third-order valence-electron chi connectivity index (χ3n) is 4.41. The van der Waals surface area contributed by atoms with Crippen LogP contribution >= 0.6 is 0 Å². The van der Waals surface area contributed by atoms with E-state index in [9.17, 15) is 4.79 Å². The molecule has 0 aliphatic carbocycles. The van der Waals surface area contributed by atoms with Crippen LogP contribution in [0.5, 0.6) is 0 Å². The molecule has 2 nitrogen and oxygen atoms in total. The van der Waals surface area contributed by atoms with Crippen LogP contribution in [-0.4, -0.2) is 10.9 Å². The fourth-order valence-corrected chi connectivity index (χ4v) is 3.33. The minimum absolute atomic E-state index is 0.549. The van der Waals surface area contributed by atoms with Crippen LogP contribution in [0.2, 0.25) is 0 Å². The number of carbonyl (C=O) groups excluding carboxylic acids is 1. The summed E-state index contributed by atoms with van der Waals surface area (Å²) in [6.45, 7) is 11.1. The van der Waals surface area contributed by atoms with Gasteiger partial charge < -0.3 is 4.57 Å². The number of aryl methyl sites for hydroxylation is 1. The van der Waals surface area contributed by atoms with Crippen molar-refractivity contribution in [3.8, 4) is 0 Å². The zero-order chi connectivity index (χ0) is 15.1. The number of nitrogens with zero attached hydrogens (tertiary/aromatic N) is 1. The van der Waals surface area contributed by atoms with E-state index in [1.807, 2.05) is 6.07 Å². The summed E-state index contributed by atoms with van der Waals surface area (Å²) in [7, 11) is 0. The number of hydrogen-bond donors (Lipinski definition) is 0. The second kappa shape index (κ2) is 8.28. The molecule has 0 aliphatic rings. The minimum atomic E-state index is 0.549. The molecule has 1 aromatic rings. The summed E-state index contributed by atoms with van der Waals surface area (Å²) in [5, 5.41) is 0. The molecule has 0 radical (unpaired) electrons. The van der Waals surface area contributed by atoms with Crippen molar-refractivity contribution in [3.63, 3.8) is 0 Å². The van der Waals surface area contributed by atoms with Crippen molar-refractivity contribution < 1.29 is 4.79 Å². The summed E-state index contributed by atoms with van der Waals surface area (Å²) < 4.78 is 2.39. The second-order valence-corrected chi connectivity index (χ2v) is 6.23. The number of hydrogen-bond acceptors (Lipinski definition) is 1. The molecule has 0 saturated carbocycles. The van der Waals surface area contributed by atoms with E-state index in [4.69, 9.17) is 0 Å². The van der Waals surface area contributed by atoms with Crippen LogP contribution in [0.1, 0.15) is 87.1 Å². The number of aromatic nitrogens is 1. The highest BCUT2D eigenvalue weighted by Gasteiger charge is 2.17. The van der Waals surface area contributed by atoms with Gasteiger partial charge in [-0.2, -0.15) is 0 Å². The molecular formula is C18H31NO. The van der Waals surface area contributed by atoms with Crippen LogP contribution in [0.25, 0.3) is 0 Å². The molecule has 0 aliphatic heterocycles. The van der Waals surface area contributed by atoms with Crippen LogP contribution < -0.4 is 0 Å². The van der Waals surface area contributed by atoms with Crippen molar-refractivity contribution in [2.45, 2.75) is 79.2 Å². The van der Waals surface area contributed by atoms with Crippen LogP contribution in [-0.2, 0) is 0 Å². The smallest absolute Gasteiger partial charge is 0.151 e. The summed E-state index contributed by atoms with van der Waals surface area (Å²) >= 11 is 0. The van der Waals surface area contributed by atoms with Gasteiger partial charge in [0.2, 0.25) is 0 Å². The van der Waals surface area contributed by atoms with Gasteiger partial charge >= 0.3 is 0 Å². The largest absolute Gasteiger partial charge is 0.345 e. The predicted molar refractivity (Wildman–Crippen MR) is 86.5 cm³/mol. The van der Waals surface area contributed by atoms with Crippen molar-refractivity contribution in [1.29, 1.82) is 0 Å². The first-order chi connectivity index (χ1) is 9.54. The molecule has 2 heteroatoms. The molecule has 1 heterocycles. The number of rotatable bonds is 9. The van der Waals surface area contributed by atoms with Gasteiger partial charge in [0.15, 0.2) is 6.29 Å². The van der Waals surface area contributed by atoms with E-state index in [2.05, 4.69) is 39.2 Å². The van der Waals surface area contributed by atoms with E-state index < -0.39 is 0 Å². The van der Waals surface area contributed by atoms with Gasteiger partial charge in [-0.15, -0.1) is 0 Å². The Bertz CT molecular complexity index is 419. The highest BCUT2D eigenvalue weighted by Crippen LogP contribution is 2.28. The van der Waals surface area contributed by atoms with Crippen molar-refractivity contribution in [3.05, 3.63) is 23.0 Å². The van der Waals surface area contributed by atoms with E-state index in [1.165, 1.54) is 44.2 Å². The van der Waals surface area contributed by atoms with Gasteiger partial charge in [-0.05, 0) is 45.1 Å². The fourth-order valence-electron chi connectivity index (χ4n) is 3.33. The lowest BCUT2D eigenvalue weighted by molar-refractivity contribution is 0.112. The molecule has 1 aromatic heterocycles. The van der Waals surface area contributed by atoms with E-state index >= 15 is 0 Å². The maximum atomic E-state index is 11.1. The lowest BCUT2D eigenvalue weighted by Gasteiger charge is -2.24. The average Bonchev–Trinajstić information content (AvgIpc) is 2.70. The fraction of sp³-hybridized carbons (Fsp3) is 0.722. The summed E-state index contributed by atoms with van der Waals surface area (Å²) in [6.07, 6.45) is 8.49. The third-order valence-corrected chi connectivity index (χ3v) is 4.41. The Kier molecular flexibility index (Phi) is 7.04. The van der Waals surface area contributed by atoms with E-state index in [1.54, 1.807) is 0 Å². The van der Waals surface area contributed by atoms with Gasteiger partial charge in [-0.25, -0.2) is 0 Å². The van der Waals surface area contributed by atoms with Crippen molar-refractivity contribution in [2.75, 3.05) is 0 Å². The van der Waals surface area contributed by atoms with Crippen molar-refractivity contribution in [2.24, 2.45) is 5.92 Å². The lowest BCUT2D eigenvalue weighted by Crippen LogP contribution is -2.13. The van der Waals surface area contributed by atoms with Gasteiger partial charge in [-0.1, -0.05) is 40.0 Å². The van der Waals surface area contributed by atoms with Crippen LogP contribution in [0, 0.1) is 19.8 Å². The molecular weight excluding hydrogens is 246 g/mol. The molecule has 0 spiro atoms. The Balaban J connectivity index is 2.85. The van der Waals surface area contributed by atoms with Crippen LogP contribution in [0.3, 0.4) is 0 Å². The summed E-state index contributed by atoms with van der Waals surface area (Å²) in [4.78, 5) is 11.1. The van der Waals surface area contributed by atoms with Gasteiger partial charge in [-0.3, -0.25) is 4.79 Å². The molecule has 1 rings (SSSR count). The van der Waals surface area contributed by atoms with Crippen molar-refractivity contribution in [1.82, 2.24) is 4.57 Å². The Labute approximate surface area is 124 Å². The van der Waals surface area contributed by atoms with Gasteiger partial charge in [0, 0.05) is 23.0 Å². The normalized spacial score (nSPS) is 14.2. The minimum Gasteiger partial charge on any atom is -0.345 e. The molecule has 2 unspecified atom stereocenters. The molecule has 20 heavy (non-hydrogen) atoms. The van der Waals surface area contributed by atoms with Gasteiger partial charge in [0.25, 0.3) is 0 Å². The SMILES string of the molecule is CCCC(C)CCC(CCC)n1c(C)cc(C=O)c1C. The summed E-state index contributed by atoms with van der Waals surface area (Å²) in [5.74, 6) is 0.807. The predicted octanol–water partition coefficient (Wildman–Crippen LogP) is 5.48. The molecule has 0 aromatic carbocycles. The molecule has 0 amide bonds. The number of aldehydes is 1. The Morgan fingerprint density at radius 1 is 1.10 bits per heavy atom. The standard InChI is InChI=1S/C18H31NO/c1-6-8-14(3)10-11-18(9-7-2)19-15(4)12-17(13-20)16(19)5/h12-14,18H,6-11H2,1-5H3. The first-order valence-electron chi connectivity index (χ1n) is 8.18. The Hall–Kier alpha value is -1.05. The highest BCUT2D eigenvalue weighted by atomic mass is 16.1. The maximum Gasteiger partial charge on any atom is 0.151 e. The van der Waals surface area contributed by atoms with Crippen molar-refractivity contribution >= 4 is 6.29 Å². The number of carbonyl (C=O) groups is 1. The molecule has 0 saturated heterocycles. The molecule has 2 atom stereocenters. The Morgan fingerprint density at radius 2 is 1.75 bits per heavy atom. The first kappa shape index (κ1) is 17.0. The zero-order valence-electron chi connectivity index (χ0n) is 13.9. The van der Waals surface area contributed by atoms with E-state index in [0.717, 1.165) is 23.5 Å². The zero-order valence-corrected chi connectivity index (χ0v) is 13.9. The quantitative estimate of drug-likeness (QED) is 0.548. The van der Waals surface area contributed by atoms with E-state index in [0.29, 0.717) is 6.04 Å². The second-order valence-electron chi connectivity index (χ2n) is 6.23.